The molecule has 1 rings (SSSR count). The Labute approximate surface area is 95.3 Å². The van der Waals surface area contributed by atoms with Crippen molar-refractivity contribution in [3.8, 4) is 5.75 Å². The van der Waals surface area contributed by atoms with Gasteiger partial charge in [0.05, 0.1) is 12.8 Å². The van der Waals surface area contributed by atoms with E-state index in [4.69, 9.17) is 9.84 Å². The molecule has 0 aliphatic heterocycles. The van der Waals surface area contributed by atoms with E-state index in [2.05, 4.69) is 11.9 Å². The molecule has 1 aromatic heterocycles. The van der Waals surface area contributed by atoms with E-state index in [9.17, 15) is 4.79 Å². The molecule has 88 valence electrons. The highest BCUT2D eigenvalue weighted by Crippen LogP contribution is 2.16. The summed E-state index contributed by atoms with van der Waals surface area (Å²) in [6, 6.07) is 1.45. The van der Waals surface area contributed by atoms with Crippen molar-refractivity contribution in [2.45, 2.75) is 32.6 Å². The van der Waals surface area contributed by atoms with Crippen LogP contribution in [0.25, 0.3) is 0 Å². The Morgan fingerprint density at radius 3 is 2.94 bits per heavy atom. The number of nitrogens with zero attached hydrogens (tertiary/aromatic N) is 1. The fourth-order valence-corrected chi connectivity index (χ4v) is 1.38. The number of rotatable bonds is 7. The monoisotopic (exact) mass is 223 g/mol. The molecule has 0 bridgehead atoms. The highest BCUT2D eigenvalue weighted by molar-refractivity contribution is 5.90. The lowest BCUT2D eigenvalue weighted by Crippen LogP contribution is -2.04. The first-order valence-corrected chi connectivity index (χ1v) is 5.55. The summed E-state index contributed by atoms with van der Waals surface area (Å²) in [6.45, 7) is 2.69. The quantitative estimate of drug-likeness (QED) is 0.722. The molecule has 0 radical (unpaired) electrons. The van der Waals surface area contributed by atoms with E-state index < -0.39 is 5.97 Å². The zero-order valence-electron chi connectivity index (χ0n) is 9.48. The third-order valence-corrected chi connectivity index (χ3v) is 2.27. The van der Waals surface area contributed by atoms with Gasteiger partial charge in [-0.15, -0.1) is 0 Å². The van der Waals surface area contributed by atoms with Gasteiger partial charge in [0.25, 0.3) is 0 Å². The molecular formula is C12H17NO3. The largest absolute Gasteiger partial charge is 0.491 e. The molecule has 1 N–H and O–H groups in total. The van der Waals surface area contributed by atoms with Crippen LogP contribution in [0.4, 0.5) is 0 Å². The van der Waals surface area contributed by atoms with Gasteiger partial charge in [0.1, 0.15) is 5.56 Å². The maximum absolute atomic E-state index is 10.8. The molecule has 1 aromatic rings. The minimum atomic E-state index is -0.981. The number of aromatic carboxylic acids is 1. The average Bonchev–Trinajstić information content (AvgIpc) is 2.29. The maximum Gasteiger partial charge on any atom is 0.339 e. The van der Waals surface area contributed by atoms with Crippen LogP contribution in [-0.2, 0) is 0 Å². The van der Waals surface area contributed by atoms with E-state index in [1.165, 1.54) is 31.3 Å². The molecule has 0 aliphatic carbocycles. The Kier molecular flexibility index (Phi) is 5.32. The summed E-state index contributed by atoms with van der Waals surface area (Å²) in [7, 11) is 0. The van der Waals surface area contributed by atoms with Crippen molar-refractivity contribution in [1.82, 2.24) is 4.98 Å². The summed E-state index contributed by atoms with van der Waals surface area (Å²) in [5, 5.41) is 8.90. The maximum atomic E-state index is 10.8. The molecule has 0 aliphatic rings. The first kappa shape index (κ1) is 12.5. The van der Waals surface area contributed by atoms with Gasteiger partial charge in [-0.3, -0.25) is 4.98 Å². The summed E-state index contributed by atoms with van der Waals surface area (Å²) >= 11 is 0. The molecule has 16 heavy (non-hydrogen) atoms. The van der Waals surface area contributed by atoms with E-state index >= 15 is 0 Å². The van der Waals surface area contributed by atoms with Crippen molar-refractivity contribution in [2.24, 2.45) is 0 Å². The van der Waals surface area contributed by atoms with Crippen LogP contribution in [0.5, 0.6) is 5.75 Å². The number of hydrogen-bond acceptors (Lipinski definition) is 3. The van der Waals surface area contributed by atoms with Crippen LogP contribution < -0.4 is 4.74 Å². The van der Waals surface area contributed by atoms with Gasteiger partial charge in [0, 0.05) is 6.20 Å². The smallest absolute Gasteiger partial charge is 0.339 e. The van der Waals surface area contributed by atoms with E-state index in [0.29, 0.717) is 12.4 Å². The molecular weight excluding hydrogens is 206 g/mol. The van der Waals surface area contributed by atoms with E-state index in [0.717, 1.165) is 12.8 Å². The lowest BCUT2D eigenvalue weighted by atomic mass is 10.2. The van der Waals surface area contributed by atoms with Gasteiger partial charge in [-0.2, -0.15) is 0 Å². The summed E-state index contributed by atoms with van der Waals surface area (Å²) in [6.07, 6.45) is 7.31. The van der Waals surface area contributed by atoms with Crippen LogP contribution in [0.1, 0.15) is 43.0 Å². The van der Waals surface area contributed by atoms with E-state index in [1.807, 2.05) is 0 Å². The number of carboxylic acid groups (broad SMARTS) is 1. The highest BCUT2D eigenvalue weighted by atomic mass is 16.5. The highest BCUT2D eigenvalue weighted by Gasteiger charge is 2.10. The molecule has 0 fully saturated rings. The minimum Gasteiger partial charge on any atom is -0.491 e. The topological polar surface area (TPSA) is 59.4 Å². The molecule has 0 saturated heterocycles. The van der Waals surface area contributed by atoms with Crippen molar-refractivity contribution in [2.75, 3.05) is 6.61 Å². The number of unbranched alkanes of at least 4 members (excludes halogenated alkanes) is 3. The number of carboxylic acids is 1. The van der Waals surface area contributed by atoms with E-state index in [1.54, 1.807) is 0 Å². The summed E-state index contributed by atoms with van der Waals surface area (Å²) in [4.78, 5) is 14.7. The summed E-state index contributed by atoms with van der Waals surface area (Å²) in [5.74, 6) is -0.627. The van der Waals surface area contributed by atoms with E-state index in [-0.39, 0.29) is 5.56 Å². The van der Waals surface area contributed by atoms with Gasteiger partial charge in [-0.1, -0.05) is 26.2 Å². The fourth-order valence-electron chi connectivity index (χ4n) is 1.38. The first-order chi connectivity index (χ1) is 7.75. The first-order valence-electron chi connectivity index (χ1n) is 5.55. The minimum absolute atomic E-state index is 0.172. The lowest BCUT2D eigenvalue weighted by Gasteiger charge is -2.07. The molecule has 0 atom stereocenters. The Hall–Kier alpha value is -1.58. The predicted molar refractivity (Wildman–Crippen MR) is 60.8 cm³/mol. The van der Waals surface area contributed by atoms with Crippen molar-refractivity contribution >= 4 is 5.97 Å². The van der Waals surface area contributed by atoms with Crippen LogP contribution in [0.2, 0.25) is 0 Å². The van der Waals surface area contributed by atoms with Crippen LogP contribution in [0.3, 0.4) is 0 Å². The fraction of sp³-hybridized carbons (Fsp3) is 0.500. The third kappa shape index (κ3) is 3.88. The van der Waals surface area contributed by atoms with Gasteiger partial charge in [-0.25, -0.2) is 4.79 Å². The predicted octanol–water partition coefficient (Wildman–Crippen LogP) is 2.74. The number of carbonyl (C=O) groups is 1. The second kappa shape index (κ2) is 6.82. The van der Waals surface area contributed by atoms with Gasteiger partial charge >= 0.3 is 5.97 Å². The third-order valence-electron chi connectivity index (χ3n) is 2.27. The van der Waals surface area contributed by atoms with Gasteiger partial charge in [0.2, 0.25) is 0 Å². The normalized spacial score (nSPS) is 10.1. The van der Waals surface area contributed by atoms with Crippen molar-refractivity contribution in [3.63, 3.8) is 0 Å². The number of aromatic nitrogens is 1. The van der Waals surface area contributed by atoms with Crippen LogP contribution in [0.15, 0.2) is 18.5 Å². The van der Waals surface area contributed by atoms with Crippen molar-refractivity contribution in [3.05, 3.63) is 24.0 Å². The number of pyridine rings is 1. The van der Waals surface area contributed by atoms with Crippen LogP contribution in [-0.4, -0.2) is 22.7 Å². The lowest BCUT2D eigenvalue weighted by molar-refractivity contribution is 0.0692. The van der Waals surface area contributed by atoms with Gasteiger partial charge < -0.3 is 9.84 Å². The SMILES string of the molecule is CCCCCCOc1cnccc1C(=O)O. The van der Waals surface area contributed by atoms with Crippen molar-refractivity contribution in [1.29, 1.82) is 0 Å². The Bertz CT molecular complexity index is 339. The Morgan fingerprint density at radius 1 is 1.44 bits per heavy atom. The molecule has 0 amide bonds. The molecule has 1 heterocycles. The van der Waals surface area contributed by atoms with Crippen LogP contribution in [0, 0.1) is 0 Å². The average molecular weight is 223 g/mol. The van der Waals surface area contributed by atoms with Crippen LogP contribution >= 0.6 is 0 Å². The molecule has 0 aromatic carbocycles. The second-order valence-electron chi connectivity index (χ2n) is 3.59. The van der Waals surface area contributed by atoms with Gasteiger partial charge in [-0.05, 0) is 12.5 Å². The Morgan fingerprint density at radius 2 is 2.25 bits per heavy atom. The standard InChI is InChI=1S/C12H17NO3/c1-2-3-4-5-8-16-11-9-13-7-6-10(11)12(14)15/h6-7,9H,2-5,8H2,1H3,(H,14,15). The zero-order valence-corrected chi connectivity index (χ0v) is 9.48. The summed E-state index contributed by atoms with van der Waals surface area (Å²) in [5.41, 5.74) is 0.172. The summed E-state index contributed by atoms with van der Waals surface area (Å²) < 4.78 is 5.40. The second-order valence-corrected chi connectivity index (χ2v) is 3.59. The molecule has 4 heteroatoms. The zero-order chi connectivity index (χ0) is 11.8. The molecule has 4 nitrogen and oxygen atoms in total. The molecule has 0 spiro atoms. The van der Waals surface area contributed by atoms with Gasteiger partial charge in [0.15, 0.2) is 5.75 Å². The number of hydrogen-bond donors (Lipinski definition) is 1. The number of ether oxygens (including phenoxy) is 1. The van der Waals surface area contributed by atoms with Crippen molar-refractivity contribution < 1.29 is 14.6 Å². The molecule has 0 saturated carbocycles. The Balaban J connectivity index is 2.44. The molecule has 0 unspecified atom stereocenters.